The van der Waals surface area contributed by atoms with Crippen LogP contribution in [-0.2, 0) is 31.7 Å². The van der Waals surface area contributed by atoms with Crippen LogP contribution >= 0.6 is 31.3 Å². The Kier molecular flexibility index (Phi) is 91.8. The second kappa shape index (κ2) is 44.2. The van der Waals surface area contributed by atoms with Crippen LogP contribution in [0.4, 0.5) is 0 Å². The summed E-state index contributed by atoms with van der Waals surface area (Å²) in [5, 5.41) is 0. The Morgan fingerprint density at radius 3 is 0.312 bits per heavy atom. The summed E-state index contributed by atoms with van der Waals surface area (Å²) in [7, 11) is -21.6. The molecule has 0 spiro atoms. The molecule has 0 aromatic carbocycles. The van der Waals surface area contributed by atoms with Crippen LogP contribution in [-0.4, -0.2) is 113 Å². The van der Waals surface area contributed by atoms with Gasteiger partial charge in [0, 0.05) is 0 Å². The Bertz CT molecular complexity index is 504. The zero-order chi connectivity index (χ0) is 26.1. The molecule has 0 aliphatic heterocycles. The minimum absolute atomic E-state index is 0. The van der Waals surface area contributed by atoms with Crippen LogP contribution in [0.5, 0.6) is 0 Å². The Hall–Kier alpha value is 6.18. The van der Waals surface area contributed by atoms with Crippen LogP contribution in [0.2, 0.25) is 0 Å². The molecule has 0 aromatic rings. The summed E-state index contributed by atoms with van der Waals surface area (Å²) < 4.78 is 85.7. The van der Waals surface area contributed by atoms with Gasteiger partial charge in [0.2, 0.25) is 0 Å². The quantitative estimate of drug-likeness (QED) is 0.160. The maximum absolute atomic E-state index is 8.58. The molecule has 0 atom stereocenters. The van der Waals surface area contributed by atoms with E-state index in [-0.39, 0.29) is 113 Å². The van der Waals surface area contributed by atoms with E-state index < -0.39 is 115 Å². The molecule has 0 fully saturated rings. The van der Waals surface area contributed by atoms with Gasteiger partial charge in [-0.2, -0.15) is 31.3 Å². The molecular formula is Ca3O22P4U3. The Balaban J connectivity index is -0.0000000220. The molecular weight excluding hydrogens is 1310 g/mol. The maximum atomic E-state index is 8.58. The third-order valence-corrected chi connectivity index (χ3v) is 0. The molecule has 0 aromatic heterocycles. The summed E-state index contributed by atoms with van der Waals surface area (Å²) in [5.41, 5.74) is 0. The van der Waals surface area contributed by atoms with Gasteiger partial charge in [-0.25, -0.2) is 0 Å². The Labute approximate surface area is 311 Å². The second-order valence-corrected chi connectivity index (χ2v) is 7.70. The number of phosphoric acid groups is 4. The SMILES string of the molecule is O=P([O-])([O-])[O-].O=P([O-])([O-])[O-].O=P([O-])([O-])[O-].O=P([O-])([O-])[O-].[Ca+2].[Ca+2].[Ca+2].[O]=[U+2]=[O].[O]=[U+2]=[O].[O]=[U+2]=[O]. The number of rotatable bonds is 0. The van der Waals surface area contributed by atoms with Crippen molar-refractivity contribution >= 4 is 145 Å². The third kappa shape index (κ3) is 1170. The normalized spacial score (nSPS) is 8.12. The molecule has 0 saturated heterocycles. The standard InChI is InChI=1S/3Ca.4H3O4P.6O.3U/c;;;4*1-5(2,3)4;;;;;;;;;/h;;;4*(H3,1,2,3,4);;;;;;;;;/q3*+2;;;;;;;;;;;3*+2/p-12. The first-order valence-corrected chi connectivity index (χ1v) is 20.2. The molecule has 0 radical (unpaired) electrons. The summed E-state index contributed by atoms with van der Waals surface area (Å²) >= 11 is -7.52. The van der Waals surface area contributed by atoms with Gasteiger partial charge in [-0.1, -0.05) is 0 Å². The molecule has 0 heterocycles. The minimum atomic E-state index is -5.39. The zero-order valence-corrected chi connectivity index (χ0v) is 37.1. The molecule has 32 heavy (non-hydrogen) atoms. The van der Waals surface area contributed by atoms with Gasteiger partial charge in [0.1, 0.15) is 0 Å². The fourth-order valence-corrected chi connectivity index (χ4v) is 0. The van der Waals surface area contributed by atoms with Crippen LogP contribution in [0.1, 0.15) is 0 Å². The van der Waals surface area contributed by atoms with Crippen molar-refractivity contribution in [1.29, 1.82) is 0 Å². The van der Waals surface area contributed by atoms with E-state index in [9.17, 15) is 0 Å². The average Bonchev–Trinajstić information content (AvgIpc) is 2.20. The molecule has 0 aliphatic carbocycles. The molecule has 0 amide bonds. The fraction of sp³-hybridized carbons (Fsp3) is 0. The molecule has 0 saturated carbocycles. The monoisotopic (exact) mass is 1310 g/mol. The first-order chi connectivity index (χ1) is 12.2. The van der Waals surface area contributed by atoms with Gasteiger partial charge in [-0.15, -0.1) is 0 Å². The summed E-state index contributed by atoms with van der Waals surface area (Å²) in [6.07, 6.45) is 0. The fourth-order valence-electron chi connectivity index (χ4n) is 0. The van der Waals surface area contributed by atoms with Crippen LogP contribution in [0.3, 0.4) is 0 Å². The molecule has 0 N–H and O–H groups in total. The molecule has 170 valence electrons. The van der Waals surface area contributed by atoms with Gasteiger partial charge in [0.05, 0.1) is 0 Å². The van der Waals surface area contributed by atoms with Crippen molar-refractivity contribution < 1.29 is 174 Å². The van der Waals surface area contributed by atoms with E-state index in [2.05, 4.69) is 0 Å². The molecule has 0 rings (SSSR count). The van der Waals surface area contributed by atoms with E-state index in [0.717, 1.165) is 0 Å². The van der Waals surface area contributed by atoms with Gasteiger partial charge in [-0.05, 0) is 0 Å². The van der Waals surface area contributed by atoms with E-state index >= 15 is 0 Å². The van der Waals surface area contributed by atoms with Gasteiger partial charge < -0.3 is 77.0 Å². The predicted octanol–water partition coefficient (Wildman–Crippen LogP) is -13.2. The summed E-state index contributed by atoms with van der Waals surface area (Å²) in [4.78, 5) is 103. The molecule has 22 nitrogen and oxygen atoms in total. The van der Waals surface area contributed by atoms with E-state index in [0.29, 0.717) is 0 Å². The van der Waals surface area contributed by atoms with Crippen molar-refractivity contribution in [1.82, 2.24) is 0 Å². The zero-order valence-electron chi connectivity index (χ0n) is 14.4. The summed E-state index contributed by atoms with van der Waals surface area (Å²) in [5.74, 6) is 0. The number of hydrogen-bond donors (Lipinski definition) is 0. The van der Waals surface area contributed by atoms with E-state index in [1.54, 1.807) is 0 Å². The van der Waals surface area contributed by atoms with Crippen LogP contribution in [0.15, 0.2) is 0 Å². The van der Waals surface area contributed by atoms with Crippen molar-refractivity contribution in [3.05, 3.63) is 0 Å². The molecule has 32 heteroatoms. The Morgan fingerprint density at radius 1 is 0.312 bits per heavy atom. The van der Waals surface area contributed by atoms with E-state index in [1.807, 2.05) is 0 Å². The molecule has 0 aliphatic rings. The van der Waals surface area contributed by atoms with Crippen molar-refractivity contribution in [3.8, 4) is 0 Å². The summed E-state index contributed by atoms with van der Waals surface area (Å²) in [6, 6.07) is 0. The second-order valence-electron chi connectivity index (χ2n) is 2.04. The van der Waals surface area contributed by atoms with Crippen molar-refractivity contribution in [2.24, 2.45) is 0 Å². The van der Waals surface area contributed by atoms with Crippen molar-refractivity contribution in [3.63, 3.8) is 0 Å². The molecule has 0 bridgehead atoms. The predicted molar refractivity (Wildman–Crippen MR) is 51.8 cm³/mol. The average molecular weight is 1310 g/mol. The van der Waals surface area contributed by atoms with E-state index in [4.69, 9.17) is 90.4 Å². The van der Waals surface area contributed by atoms with E-state index in [1.165, 1.54) is 0 Å². The Morgan fingerprint density at radius 2 is 0.312 bits per heavy atom. The van der Waals surface area contributed by atoms with Gasteiger partial charge in [-0.3, -0.25) is 0 Å². The van der Waals surface area contributed by atoms with Crippen LogP contribution in [0.25, 0.3) is 0 Å². The first-order valence-electron chi connectivity index (χ1n) is 4.15. The van der Waals surface area contributed by atoms with Crippen LogP contribution < -0.4 is 58.7 Å². The van der Waals surface area contributed by atoms with Gasteiger partial charge >= 0.3 is 210 Å². The molecule has 0 unspecified atom stereocenters. The van der Waals surface area contributed by atoms with Gasteiger partial charge in [0.25, 0.3) is 0 Å². The van der Waals surface area contributed by atoms with Crippen LogP contribution in [0, 0.1) is 83.5 Å². The third-order valence-electron chi connectivity index (χ3n) is 0. The van der Waals surface area contributed by atoms with Crippen molar-refractivity contribution in [2.45, 2.75) is 0 Å². The number of hydrogen-bond acceptors (Lipinski definition) is 22. The topological polar surface area (TPSA) is 447 Å². The van der Waals surface area contributed by atoms with Crippen molar-refractivity contribution in [2.75, 3.05) is 0 Å². The first kappa shape index (κ1) is 66.5. The van der Waals surface area contributed by atoms with Gasteiger partial charge in [0.15, 0.2) is 0 Å². The summed E-state index contributed by atoms with van der Waals surface area (Å²) in [6.45, 7) is 0.